The molecule has 1 aromatic carbocycles. The van der Waals surface area contributed by atoms with Crippen LogP contribution in [0.4, 0.5) is 0 Å². The number of methoxy groups -OCH3 is 1. The van der Waals surface area contributed by atoms with Crippen LogP contribution in [0.3, 0.4) is 0 Å². The topological polar surface area (TPSA) is 71.4 Å². The molecular weight excluding hydrogens is 320 g/mol. The number of aromatic hydroxyl groups is 1. The van der Waals surface area contributed by atoms with Crippen molar-refractivity contribution in [3.63, 3.8) is 0 Å². The fourth-order valence-electron chi connectivity index (χ4n) is 3.39. The first-order valence-corrected chi connectivity index (χ1v) is 7.75. The Morgan fingerprint density at radius 3 is 2.91 bits per heavy atom. The molecule has 0 amide bonds. The summed E-state index contributed by atoms with van der Waals surface area (Å²) in [7, 11) is 3.44. The molecule has 1 spiro atoms. The van der Waals surface area contributed by atoms with Crippen LogP contribution in [0, 0.1) is 0 Å². The zero-order chi connectivity index (χ0) is 16.8. The standard InChI is InChI=1S/C16H19ClN2O4/c1-9(20)13-7-16(8-19(13)2)6-12(18-23-16)10-4-11(17)14(21)5-15(10)22-3/h4-5,13,21H,6-8H2,1-3H3. The zero-order valence-electron chi connectivity index (χ0n) is 13.3. The molecule has 1 fully saturated rings. The van der Waals surface area contributed by atoms with Crippen molar-refractivity contribution in [2.75, 3.05) is 20.7 Å². The second-order valence-corrected chi connectivity index (χ2v) is 6.65. The number of hydrogen-bond acceptors (Lipinski definition) is 6. The number of halogens is 1. The molecule has 1 saturated heterocycles. The highest BCUT2D eigenvalue weighted by Crippen LogP contribution is 2.41. The zero-order valence-corrected chi connectivity index (χ0v) is 14.1. The van der Waals surface area contributed by atoms with E-state index in [0.29, 0.717) is 36.4 Å². The number of oxime groups is 1. The van der Waals surface area contributed by atoms with Crippen molar-refractivity contribution in [1.29, 1.82) is 0 Å². The van der Waals surface area contributed by atoms with Crippen molar-refractivity contribution in [2.45, 2.75) is 31.4 Å². The van der Waals surface area contributed by atoms with Gasteiger partial charge in [-0.15, -0.1) is 0 Å². The van der Waals surface area contributed by atoms with E-state index in [0.717, 1.165) is 0 Å². The summed E-state index contributed by atoms with van der Waals surface area (Å²) in [5, 5.41) is 14.1. The fourth-order valence-corrected chi connectivity index (χ4v) is 3.55. The molecule has 6 nitrogen and oxygen atoms in total. The van der Waals surface area contributed by atoms with E-state index in [1.807, 2.05) is 11.9 Å². The third-order valence-electron chi connectivity index (χ3n) is 4.52. The Hall–Kier alpha value is -1.79. The highest BCUT2D eigenvalue weighted by atomic mass is 35.5. The molecule has 0 radical (unpaired) electrons. The Morgan fingerprint density at radius 2 is 2.30 bits per heavy atom. The Balaban J connectivity index is 1.86. The number of likely N-dealkylation sites (tertiary alicyclic amines) is 1. The van der Waals surface area contributed by atoms with Crippen molar-refractivity contribution in [2.24, 2.45) is 5.16 Å². The number of nitrogens with zero attached hydrogens (tertiary/aromatic N) is 2. The van der Waals surface area contributed by atoms with Gasteiger partial charge >= 0.3 is 0 Å². The molecule has 2 unspecified atom stereocenters. The van der Waals surface area contributed by atoms with E-state index >= 15 is 0 Å². The molecule has 0 saturated carbocycles. The highest BCUT2D eigenvalue weighted by Gasteiger charge is 2.50. The van der Waals surface area contributed by atoms with Gasteiger partial charge in [0.15, 0.2) is 5.60 Å². The maximum atomic E-state index is 11.7. The molecule has 3 rings (SSSR count). The maximum Gasteiger partial charge on any atom is 0.157 e. The van der Waals surface area contributed by atoms with Crippen LogP contribution in [0.25, 0.3) is 0 Å². The second-order valence-electron chi connectivity index (χ2n) is 6.24. The lowest BCUT2D eigenvalue weighted by Crippen LogP contribution is -2.33. The molecule has 0 aromatic heterocycles. The van der Waals surface area contributed by atoms with E-state index in [1.54, 1.807) is 13.0 Å². The van der Waals surface area contributed by atoms with Crippen LogP contribution < -0.4 is 4.74 Å². The average Bonchev–Trinajstić information content (AvgIpc) is 3.05. The Morgan fingerprint density at radius 1 is 1.57 bits per heavy atom. The molecule has 7 heteroatoms. The summed E-state index contributed by atoms with van der Waals surface area (Å²) in [5.74, 6) is 0.575. The lowest BCUT2D eigenvalue weighted by molar-refractivity contribution is -0.121. The van der Waals surface area contributed by atoms with E-state index in [1.165, 1.54) is 13.2 Å². The van der Waals surface area contributed by atoms with E-state index in [-0.39, 0.29) is 22.6 Å². The number of rotatable bonds is 3. The van der Waals surface area contributed by atoms with Crippen molar-refractivity contribution in [3.05, 3.63) is 22.7 Å². The summed E-state index contributed by atoms with van der Waals surface area (Å²) >= 11 is 6.01. The van der Waals surface area contributed by atoms with Gasteiger partial charge in [0.1, 0.15) is 17.3 Å². The molecule has 124 valence electrons. The van der Waals surface area contributed by atoms with Gasteiger partial charge < -0.3 is 14.7 Å². The minimum atomic E-state index is -0.490. The van der Waals surface area contributed by atoms with Gasteiger partial charge in [0.2, 0.25) is 0 Å². The highest BCUT2D eigenvalue weighted by molar-refractivity contribution is 6.32. The van der Waals surface area contributed by atoms with Crippen LogP contribution in [-0.4, -0.2) is 53.8 Å². The molecule has 1 aromatic rings. The van der Waals surface area contributed by atoms with E-state index in [2.05, 4.69) is 5.16 Å². The van der Waals surface area contributed by atoms with Crippen LogP contribution in [0.5, 0.6) is 11.5 Å². The lowest BCUT2D eigenvalue weighted by Gasteiger charge is -2.19. The Bertz CT molecular complexity index is 691. The number of carbonyl (C=O) groups is 1. The van der Waals surface area contributed by atoms with E-state index < -0.39 is 5.60 Å². The first-order valence-electron chi connectivity index (χ1n) is 7.38. The minimum Gasteiger partial charge on any atom is -0.506 e. The number of benzene rings is 1. The molecule has 2 aliphatic rings. The predicted octanol–water partition coefficient (Wildman–Crippen LogP) is 2.21. The number of phenolic OH excluding ortho intramolecular Hbond substituents is 1. The Kier molecular flexibility index (Phi) is 3.98. The number of Topliss-reactive ketones (excluding diaryl/α,β-unsaturated/α-hetero) is 1. The summed E-state index contributed by atoms with van der Waals surface area (Å²) in [4.78, 5) is 19.5. The predicted molar refractivity (Wildman–Crippen MR) is 86.4 cm³/mol. The van der Waals surface area contributed by atoms with Gasteiger partial charge in [0, 0.05) is 31.0 Å². The molecular formula is C16H19ClN2O4. The summed E-state index contributed by atoms with van der Waals surface area (Å²) in [6.07, 6.45) is 1.18. The molecule has 2 atom stereocenters. The third-order valence-corrected chi connectivity index (χ3v) is 4.83. The van der Waals surface area contributed by atoms with Crippen LogP contribution in [0.2, 0.25) is 5.02 Å². The van der Waals surface area contributed by atoms with Gasteiger partial charge in [-0.1, -0.05) is 16.8 Å². The van der Waals surface area contributed by atoms with E-state index in [9.17, 15) is 9.90 Å². The molecule has 0 aliphatic carbocycles. The van der Waals surface area contributed by atoms with Crippen molar-refractivity contribution >= 4 is 23.1 Å². The normalized spacial score (nSPS) is 27.1. The number of ketones is 1. The molecule has 2 heterocycles. The quantitative estimate of drug-likeness (QED) is 0.915. The molecule has 0 bridgehead atoms. The lowest BCUT2D eigenvalue weighted by atomic mass is 9.91. The van der Waals surface area contributed by atoms with E-state index in [4.69, 9.17) is 21.2 Å². The first-order chi connectivity index (χ1) is 10.8. The van der Waals surface area contributed by atoms with Crippen LogP contribution in [0.15, 0.2) is 17.3 Å². The smallest absolute Gasteiger partial charge is 0.157 e. The van der Waals surface area contributed by atoms with Crippen LogP contribution in [-0.2, 0) is 9.63 Å². The minimum absolute atomic E-state index is 0.0428. The van der Waals surface area contributed by atoms with Crippen LogP contribution in [0.1, 0.15) is 25.3 Å². The van der Waals surface area contributed by atoms with Crippen molar-refractivity contribution < 1.29 is 19.5 Å². The number of likely N-dealkylation sites (N-methyl/N-ethyl adjacent to an activating group) is 1. The van der Waals surface area contributed by atoms with Crippen molar-refractivity contribution in [3.8, 4) is 11.5 Å². The van der Waals surface area contributed by atoms with Gasteiger partial charge in [-0.2, -0.15) is 0 Å². The van der Waals surface area contributed by atoms with Gasteiger partial charge in [-0.3, -0.25) is 9.69 Å². The first kappa shape index (κ1) is 16.1. The van der Waals surface area contributed by atoms with Crippen molar-refractivity contribution in [1.82, 2.24) is 4.90 Å². The SMILES string of the molecule is COc1cc(O)c(Cl)cc1C1=NOC2(C1)CC(C(C)=O)N(C)C2. The number of carbonyl (C=O) groups excluding carboxylic acids is 1. The van der Waals surface area contributed by atoms with Gasteiger partial charge in [0.05, 0.1) is 23.9 Å². The average molecular weight is 339 g/mol. The van der Waals surface area contributed by atoms with Gasteiger partial charge in [0.25, 0.3) is 0 Å². The largest absolute Gasteiger partial charge is 0.506 e. The third kappa shape index (κ3) is 2.77. The molecule has 23 heavy (non-hydrogen) atoms. The summed E-state index contributed by atoms with van der Waals surface area (Å²) in [6, 6.07) is 2.94. The van der Waals surface area contributed by atoms with Crippen LogP contribution >= 0.6 is 11.6 Å². The monoisotopic (exact) mass is 338 g/mol. The maximum absolute atomic E-state index is 11.7. The molecule has 1 N–H and O–H groups in total. The Labute approximate surface area is 139 Å². The summed E-state index contributed by atoms with van der Waals surface area (Å²) in [6.45, 7) is 2.23. The molecule has 2 aliphatic heterocycles. The van der Waals surface area contributed by atoms with Gasteiger partial charge in [-0.25, -0.2) is 0 Å². The number of hydrogen-bond donors (Lipinski definition) is 1. The summed E-state index contributed by atoms with van der Waals surface area (Å²) in [5.41, 5.74) is 0.915. The van der Waals surface area contributed by atoms with Gasteiger partial charge in [-0.05, 0) is 20.0 Å². The second kappa shape index (κ2) is 5.69. The number of ether oxygens (including phenoxy) is 1. The fraction of sp³-hybridized carbons (Fsp3) is 0.500. The summed E-state index contributed by atoms with van der Waals surface area (Å²) < 4.78 is 5.31. The number of phenols is 1.